The van der Waals surface area contributed by atoms with E-state index < -0.39 is 5.60 Å². The minimum Gasteiger partial charge on any atom is -0.493 e. The number of hydrogen-bond donors (Lipinski definition) is 2. The van der Waals surface area contributed by atoms with Gasteiger partial charge in [0.05, 0.1) is 18.7 Å². The van der Waals surface area contributed by atoms with Gasteiger partial charge in [0.1, 0.15) is 29.1 Å². The number of amides is 1. The Bertz CT molecular complexity index is 1430. The quantitative estimate of drug-likeness (QED) is 0.657. The van der Waals surface area contributed by atoms with Crippen LogP contribution in [0.3, 0.4) is 0 Å². The molecule has 0 saturated heterocycles. The van der Waals surface area contributed by atoms with Gasteiger partial charge in [-0.1, -0.05) is 6.08 Å². The average molecular weight is 505 g/mol. The van der Waals surface area contributed by atoms with Crippen LogP contribution in [0.5, 0.6) is 5.75 Å². The number of pyridine rings is 1. The smallest absolute Gasteiger partial charge is 0.410 e. The van der Waals surface area contributed by atoms with E-state index >= 15 is 0 Å². The van der Waals surface area contributed by atoms with Gasteiger partial charge in [0, 0.05) is 48.6 Å². The molecule has 3 aliphatic heterocycles. The first-order chi connectivity index (χ1) is 17.7. The van der Waals surface area contributed by atoms with E-state index in [0.29, 0.717) is 60.7 Å². The van der Waals surface area contributed by atoms with E-state index in [-0.39, 0.29) is 18.5 Å². The Morgan fingerprint density at radius 3 is 2.89 bits per heavy atom. The SMILES string of the molecule is CC(C)(C)OC(=O)N1CC=C(c2cc(C#N)c(=NCc3c(F)ccc4c3CCO4)n3c2NNC=C3)CC1. The molecule has 1 aromatic carbocycles. The van der Waals surface area contributed by atoms with Crippen LogP contribution in [0.15, 0.2) is 35.5 Å². The minimum atomic E-state index is -0.560. The zero-order chi connectivity index (χ0) is 26.2. The second-order valence-corrected chi connectivity index (χ2v) is 10.0. The van der Waals surface area contributed by atoms with E-state index in [1.165, 1.54) is 6.07 Å². The molecule has 0 bridgehead atoms. The molecule has 0 unspecified atom stereocenters. The number of nitriles is 1. The zero-order valence-corrected chi connectivity index (χ0v) is 21.1. The maximum atomic E-state index is 14.7. The maximum absolute atomic E-state index is 14.7. The van der Waals surface area contributed by atoms with Gasteiger partial charge in [0.25, 0.3) is 0 Å². The van der Waals surface area contributed by atoms with Crippen LogP contribution < -0.4 is 21.1 Å². The number of benzene rings is 1. The second-order valence-electron chi connectivity index (χ2n) is 10.0. The van der Waals surface area contributed by atoms with Crippen molar-refractivity contribution in [3.8, 4) is 11.8 Å². The molecule has 0 saturated carbocycles. The lowest BCUT2D eigenvalue weighted by atomic mass is 9.98. The van der Waals surface area contributed by atoms with E-state index in [0.717, 1.165) is 16.7 Å². The average Bonchev–Trinajstić information content (AvgIpc) is 3.36. The first kappa shape index (κ1) is 24.4. The fourth-order valence-electron chi connectivity index (χ4n) is 4.67. The van der Waals surface area contributed by atoms with Crippen molar-refractivity contribution in [1.82, 2.24) is 14.9 Å². The monoisotopic (exact) mass is 504 g/mol. The molecule has 3 aliphatic rings. The number of carbonyl (C=O) groups is 1. The van der Waals surface area contributed by atoms with Gasteiger partial charge in [-0.3, -0.25) is 15.0 Å². The van der Waals surface area contributed by atoms with Crippen molar-refractivity contribution in [3.63, 3.8) is 0 Å². The highest BCUT2D eigenvalue weighted by molar-refractivity contribution is 5.79. The Balaban J connectivity index is 1.50. The summed E-state index contributed by atoms with van der Waals surface area (Å²) in [5.41, 5.74) is 9.52. The first-order valence-corrected chi connectivity index (χ1v) is 12.2. The molecule has 2 aromatic rings. The van der Waals surface area contributed by atoms with Crippen LogP contribution in [-0.4, -0.2) is 40.9 Å². The topological polar surface area (TPSA) is 104 Å². The predicted octanol–water partition coefficient (Wildman–Crippen LogP) is 3.92. The highest BCUT2D eigenvalue weighted by Gasteiger charge is 2.26. The van der Waals surface area contributed by atoms with Crippen LogP contribution in [0.1, 0.15) is 49.4 Å². The molecule has 10 heteroatoms. The lowest BCUT2D eigenvalue weighted by molar-refractivity contribution is 0.0270. The lowest BCUT2D eigenvalue weighted by Crippen LogP contribution is -2.39. The van der Waals surface area contributed by atoms with E-state index in [4.69, 9.17) is 14.5 Å². The largest absolute Gasteiger partial charge is 0.493 e. The van der Waals surface area contributed by atoms with Gasteiger partial charge in [0.15, 0.2) is 5.49 Å². The van der Waals surface area contributed by atoms with Crippen LogP contribution in [0, 0.1) is 17.1 Å². The fourth-order valence-corrected chi connectivity index (χ4v) is 4.67. The van der Waals surface area contributed by atoms with Gasteiger partial charge in [-0.05, 0) is 51.0 Å². The third kappa shape index (κ3) is 4.89. The molecule has 5 rings (SSSR count). The van der Waals surface area contributed by atoms with Crippen molar-refractivity contribution in [2.24, 2.45) is 4.99 Å². The Kier molecular flexibility index (Phi) is 6.38. The molecule has 0 aliphatic carbocycles. The summed E-state index contributed by atoms with van der Waals surface area (Å²) >= 11 is 0. The lowest BCUT2D eigenvalue weighted by Gasteiger charge is -2.30. The molecule has 37 heavy (non-hydrogen) atoms. The van der Waals surface area contributed by atoms with Gasteiger partial charge in [-0.25, -0.2) is 9.18 Å². The fraction of sp³-hybridized carbons (Fsp3) is 0.370. The van der Waals surface area contributed by atoms with Gasteiger partial charge in [-0.2, -0.15) is 5.26 Å². The predicted molar refractivity (Wildman–Crippen MR) is 137 cm³/mol. The number of anilines is 1. The summed E-state index contributed by atoms with van der Waals surface area (Å²) in [6.07, 6.45) is 6.34. The van der Waals surface area contributed by atoms with E-state index in [9.17, 15) is 14.4 Å². The minimum absolute atomic E-state index is 0.0840. The number of nitrogens with zero attached hydrogens (tertiary/aromatic N) is 4. The summed E-state index contributed by atoms with van der Waals surface area (Å²) in [6.45, 7) is 7.03. The molecule has 2 N–H and O–H groups in total. The number of carbonyl (C=O) groups excluding carboxylic acids is 1. The van der Waals surface area contributed by atoms with Crippen molar-refractivity contribution in [1.29, 1.82) is 5.26 Å². The molecular weight excluding hydrogens is 475 g/mol. The van der Waals surface area contributed by atoms with Gasteiger partial charge < -0.3 is 19.8 Å². The number of halogens is 1. The van der Waals surface area contributed by atoms with Crippen molar-refractivity contribution in [2.45, 2.75) is 45.8 Å². The standard InChI is InChI=1S/C27H29FN6O3/c1-27(2,3)37-26(35)33-10-6-17(7-11-33)20-14-18(15-29)24(34-12-9-31-32-25(20)34)30-16-21-19-8-13-36-23(19)5-4-22(21)28/h4-6,9,12,14,31-32H,7-8,10-11,13,16H2,1-3H3. The molecule has 0 radical (unpaired) electrons. The Morgan fingerprint density at radius 1 is 1.32 bits per heavy atom. The number of aromatic nitrogens is 1. The number of ether oxygens (including phenoxy) is 2. The molecule has 0 spiro atoms. The molecule has 1 amide bonds. The van der Waals surface area contributed by atoms with Crippen LogP contribution in [-0.2, 0) is 17.7 Å². The molecule has 0 fully saturated rings. The number of nitrogens with one attached hydrogen (secondary N) is 2. The molecule has 9 nitrogen and oxygen atoms in total. The number of rotatable bonds is 3. The van der Waals surface area contributed by atoms with Crippen LogP contribution in [0.25, 0.3) is 11.8 Å². The number of hydrogen-bond acceptors (Lipinski definition) is 7. The third-order valence-corrected chi connectivity index (χ3v) is 6.41. The van der Waals surface area contributed by atoms with E-state index in [2.05, 4.69) is 16.9 Å². The number of fused-ring (bicyclic) bond motifs is 2. The van der Waals surface area contributed by atoms with Crippen molar-refractivity contribution < 1.29 is 18.7 Å². The van der Waals surface area contributed by atoms with E-state index in [1.54, 1.807) is 34.0 Å². The van der Waals surface area contributed by atoms with Gasteiger partial charge in [-0.15, -0.1) is 0 Å². The second kappa shape index (κ2) is 9.65. The first-order valence-electron chi connectivity index (χ1n) is 12.2. The van der Waals surface area contributed by atoms with Crippen molar-refractivity contribution >= 4 is 23.7 Å². The molecule has 1 aromatic heterocycles. The van der Waals surface area contributed by atoms with Crippen LogP contribution in [0.2, 0.25) is 0 Å². The van der Waals surface area contributed by atoms with E-state index in [1.807, 2.05) is 26.8 Å². The normalized spacial score (nSPS) is 16.6. The Labute approximate surface area is 214 Å². The van der Waals surface area contributed by atoms with Crippen LogP contribution >= 0.6 is 0 Å². The van der Waals surface area contributed by atoms with Gasteiger partial charge >= 0.3 is 6.09 Å². The highest BCUT2D eigenvalue weighted by Crippen LogP contribution is 2.32. The summed E-state index contributed by atoms with van der Waals surface area (Å²) in [4.78, 5) is 18.8. The molecule has 192 valence electrons. The van der Waals surface area contributed by atoms with Crippen LogP contribution in [0.4, 0.5) is 15.0 Å². The molecular formula is C27H29FN6O3. The Morgan fingerprint density at radius 2 is 2.16 bits per heavy atom. The van der Waals surface area contributed by atoms with Gasteiger partial charge in [0.2, 0.25) is 0 Å². The summed E-state index contributed by atoms with van der Waals surface area (Å²) in [5.74, 6) is 1.06. The van der Waals surface area contributed by atoms with Crippen molar-refractivity contribution in [2.75, 3.05) is 25.1 Å². The van der Waals surface area contributed by atoms with Crippen molar-refractivity contribution in [3.05, 3.63) is 64.0 Å². The summed E-state index contributed by atoms with van der Waals surface area (Å²) in [6, 6.07) is 7.09. The maximum Gasteiger partial charge on any atom is 0.410 e. The highest BCUT2D eigenvalue weighted by atomic mass is 19.1. The zero-order valence-electron chi connectivity index (χ0n) is 21.1. The third-order valence-electron chi connectivity index (χ3n) is 6.41. The summed E-state index contributed by atoms with van der Waals surface area (Å²) in [5, 5.41) is 10.0. The summed E-state index contributed by atoms with van der Waals surface area (Å²) < 4.78 is 27.6. The molecule has 4 heterocycles. The summed E-state index contributed by atoms with van der Waals surface area (Å²) in [7, 11) is 0. The Hall–Kier alpha value is -4.26. The number of hydrazine groups is 1. The molecule has 0 atom stereocenters.